The Morgan fingerprint density at radius 3 is 2.74 bits per heavy atom. The molecule has 0 spiro atoms. The molecule has 0 amide bonds. The molecule has 2 aromatic rings. The van der Waals surface area contributed by atoms with E-state index in [1.54, 1.807) is 0 Å². The first kappa shape index (κ1) is 16.5. The van der Waals surface area contributed by atoms with E-state index in [0.717, 1.165) is 24.2 Å². The van der Waals surface area contributed by atoms with Gasteiger partial charge in [-0.3, -0.25) is 0 Å². The SMILES string of the molecule is CNS(=O)(=O)CCc1ccc2c(C3CCN(C)CC3)c[nH]c2c1. The molecule has 2 N–H and O–H groups in total. The van der Waals surface area contributed by atoms with Crippen LogP contribution in [0.25, 0.3) is 10.9 Å². The third kappa shape index (κ3) is 3.76. The van der Waals surface area contributed by atoms with Gasteiger partial charge in [-0.15, -0.1) is 0 Å². The van der Waals surface area contributed by atoms with Gasteiger partial charge in [0.2, 0.25) is 10.0 Å². The molecule has 0 unspecified atom stereocenters. The van der Waals surface area contributed by atoms with Crippen LogP contribution in [0.2, 0.25) is 0 Å². The molecule has 1 aliphatic rings. The van der Waals surface area contributed by atoms with Crippen molar-refractivity contribution in [1.82, 2.24) is 14.6 Å². The summed E-state index contributed by atoms with van der Waals surface area (Å²) in [5, 5.41) is 1.28. The van der Waals surface area contributed by atoms with E-state index in [1.807, 2.05) is 0 Å². The molecule has 1 saturated heterocycles. The summed E-state index contributed by atoms with van der Waals surface area (Å²) in [5.74, 6) is 0.743. The molecule has 0 aliphatic carbocycles. The molecule has 126 valence electrons. The van der Waals surface area contributed by atoms with E-state index in [1.165, 1.54) is 30.8 Å². The summed E-state index contributed by atoms with van der Waals surface area (Å²) in [7, 11) is 0.480. The zero-order valence-electron chi connectivity index (χ0n) is 13.8. The van der Waals surface area contributed by atoms with Crippen molar-refractivity contribution in [3.05, 3.63) is 35.5 Å². The van der Waals surface area contributed by atoms with Gasteiger partial charge in [-0.05, 0) is 69.6 Å². The summed E-state index contributed by atoms with van der Waals surface area (Å²) in [6, 6.07) is 6.28. The lowest BCUT2D eigenvalue weighted by Crippen LogP contribution is -2.29. The van der Waals surface area contributed by atoms with Crippen LogP contribution in [0.1, 0.15) is 29.9 Å². The number of fused-ring (bicyclic) bond motifs is 1. The van der Waals surface area contributed by atoms with Crippen molar-refractivity contribution in [2.24, 2.45) is 0 Å². The first-order valence-electron chi connectivity index (χ1n) is 8.18. The van der Waals surface area contributed by atoms with Gasteiger partial charge in [0.15, 0.2) is 0 Å². The minimum Gasteiger partial charge on any atom is -0.361 e. The van der Waals surface area contributed by atoms with Gasteiger partial charge in [0.1, 0.15) is 0 Å². The summed E-state index contributed by atoms with van der Waals surface area (Å²) in [5.41, 5.74) is 3.56. The summed E-state index contributed by atoms with van der Waals surface area (Å²) < 4.78 is 25.5. The predicted molar refractivity (Wildman–Crippen MR) is 94.3 cm³/mol. The minimum absolute atomic E-state index is 0.123. The van der Waals surface area contributed by atoms with Crippen LogP contribution in [0.3, 0.4) is 0 Å². The van der Waals surface area contributed by atoms with Crippen LogP contribution in [0.4, 0.5) is 0 Å². The number of aromatic amines is 1. The normalized spacial score (nSPS) is 17.8. The smallest absolute Gasteiger partial charge is 0.211 e. The Morgan fingerprint density at radius 1 is 1.30 bits per heavy atom. The second-order valence-corrected chi connectivity index (χ2v) is 8.52. The average Bonchev–Trinajstić information content (AvgIpc) is 2.97. The molecule has 1 aromatic heterocycles. The molecule has 3 rings (SSSR count). The Bertz CT molecular complexity index is 774. The van der Waals surface area contributed by atoms with Gasteiger partial charge in [0, 0.05) is 17.1 Å². The van der Waals surface area contributed by atoms with Gasteiger partial charge in [-0.2, -0.15) is 0 Å². The number of aryl methyl sites for hydroxylation is 1. The van der Waals surface area contributed by atoms with Gasteiger partial charge < -0.3 is 9.88 Å². The van der Waals surface area contributed by atoms with Crippen LogP contribution in [0.15, 0.2) is 24.4 Å². The van der Waals surface area contributed by atoms with E-state index in [0.29, 0.717) is 12.3 Å². The summed E-state index contributed by atoms with van der Waals surface area (Å²) in [6.45, 7) is 2.30. The van der Waals surface area contributed by atoms with Crippen molar-refractivity contribution < 1.29 is 8.42 Å². The zero-order valence-corrected chi connectivity index (χ0v) is 14.6. The average molecular weight is 335 g/mol. The predicted octanol–water partition coefficient (Wildman–Crippen LogP) is 2.07. The molecule has 1 fully saturated rings. The zero-order chi connectivity index (χ0) is 16.4. The fourth-order valence-electron chi connectivity index (χ4n) is 3.36. The van der Waals surface area contributed by atoms with Crippen LogP contribution in [0, 0.1) is 0 Å². The highest BCUT2D eigenvalue weighted by Gasteiger charge is 2.21. The summed E-state index contributed by atoms with van der Waals surface area (Å²) in [4.78, 5) is 5.75. The number of H-pyrrole nitrogens is 1. The second-order valence-electron chi connectivity index (χ2n) is 6.47. The Hall–Kier alpha value is -1.37. The quantitative estimate of drug-likeness (QED) is 0.879. The number of nitrogens with zero attached hydrogens (tertiary/aromatic N) is 1. The molecular formula is C17H25N3O2S. The number of hydrogen-bond donors (Lipinski definition) is 2. The summed E-state index contributed by atoms with van der Waals surface area (Å²) in [6.07, 6.45) is 5.06. The maximum absolute atomic E-state index is 11.6. The van der Waals surface area contributed by atoms with E-state index in [9.17, 15) is 8.42 Å². The van der Waals surface area contributed by atoms with Crippen molar-refractivity contribution in [2.45, 2.75) is 25.2 Å². The Labute approximate surface area is 138 Å². The monoisotopic (exact) mass is 335 g/mol. The van der Waals surface area contributed by atoms with Gasteiger partial charge in [-0.25, -0.2) is 13.1 Å². The lowest BCUT2D eigenvalue weighted by atomic mass is 9.89. The highest BCUT2D eigenvalue weighted by atomic mass is 32.2. The third-order valence-corrected chi connectivity index (χ3v) is 6.27. The van der Waals surface area contributed by atoms with Crippen LogP contribution in [-0.2, 0) is 16.4 Å². The number of hydrogen-bond acceptors (Lipinski definition) is 3. The van der Waals surface area contributed by atoms with E-state index >= 15 is 0 Å². The van der Waals surface area contributed by atoms with Crippen LogP contribution >= 0.6 is 0 Å². The molecule has 0 radical (unpaired) electrons. The molecule has 0 bridgehead atoms. The molecule has 0 atom stereocenters. The number of aromatic nitrogens is 1. The van der Waals surface area contributed by atoms with Gasteiger partial charge >= 0.3 is 0 Å². The molecule has 5 nitrogen and oxygen atoms in total. The van der Waals surface area contributed by atoms with E-state index in [2.05, 4.69) is 46.0 Å². The molecule has 2 heterocycles. The minimum atomic E-state index is -3.15. The van der Waals surface area contributed by atoms with E-state index in [4.69, 9.17) is 0 Å². The van der Waals surface area contributed by atoms with Crippen molar-refractivity contribution in [3.63, 3.8) is 0 Å². The lowest BCUT2D eigenvalue weighted by molar-refractivity contribution is 0.256. The van der Waals surface area contributed by atoms with Crippen LogP contribution in [0.5, 0.6) is 0 Å². The molecule has 0 saturated carbocycles. The Balaban J connectivity index is 1.77. The fraction of sp³-hybridized carbons (Fsp3) is 0.529. The van der Waals surface area contributed by atoms with Gasteiger partial charge in [0.05, 0.1) is 5.75 Å². The highest BCUT2D eigenvalue weighted by Crippen LogP contribution is 2.33. The van der Waals surface area contributed by atoms with E-state index < -0.39 is 10.0 Å². The van der Waals surface area contributed by atoms with Crippen LogP contribution in [-0.4, -0.2) is 51.2 Å². The second kappa shape index (κ2) is 6.63. The Morgan fingerprint density at radius 2 is 2.04 bits per heavy atom. The molecule has 6 heteroatoms. The maximum atomic E-state index is 11.6. The fourth-order valence-corrected chi connectivity index (χ4v) is 4.07. The number of likely N-dealkylation sites (tertiary alicyclic amines) is 1. The van der Waals surface area contributed by atoms with Gasteiger partial charge in [-0.1, -0.05) is 12.1 Å². The van der Waals surface area contributed by atoms with Crippen molar-refractivity contribution in [1.29, 1.82) is 0 Å². The number of benzene rings is 1. The lowest BCUT2D eigenvalue weighted by Gasteiger charge is -2.28. The topological polar surface area (TPSA) is 65.2 Å². The maximum Gasteiger partial charge on any atom is 0.211 e. The number of sulfonamides is 1. The third-order valence-electron chi connectivity index (χ3n) is 4.91. The number of nitrogens with one attached hydrogen (secondary N) is 2. The van der Waals surface area contributed by atoms with Crippen molar-refractivity contribution in [2.75, 3.05) is 32.9 Å². The molecule has 1 aromatic carbocycles. The first-order chi connectivity index (χ1) is 11.0. The first-order valence-corrected chi connectivity index (χ1v) is 9.83. The highest BCUT2D eigenvalue weighted by molar-refractivity contribution is 7.89. The van der Waals surface area contributed by atoms with Crippen LogP contribution < -0.4 is 4.72 Å². The number of rotatable bonds is 5. The molecular weight excluding hydrogens is 310 g/mol. The van der Waals surface area contributed by atoms with E-state index in [-0.39, 0.29) is 5.75 Å². The largest absolute Gasteiger partial charge is 0.361 e. The standard InChI is InChI=1S/C17H25N3O2S/c1-18-23(21,22)10-7-13-3-4-15-16(12-19-17(15)11-13)14-5-8-20(2)9-6-14/h3-4,11-12,14,18-19H,5-10H2,1-2H3. The molecule has 1 aliphatic heterocycles. The van der Waals surface area contributed by atoms with Crippen molar-refractivity contribution in [3.8, 4) is 0 Å². The molecule has 23 heavy (non-hydrogen) atoms. The number of piperidine rings is 1. The Kier molecular flexibility index (Phi) is 4.75. The van der Waals surface area contributed by atoms with Gasteiger partial charge in [0.25, 0.3) is 0 Å². The van der Waals surface area contributed by atoms with Crippen molar-refractivity contribution >= 4 is 20.9 Å². The summed E-state index contributed by atoms with van der Waals surface area (Å²) >= 11 is 0.